The fraction of sp³-hybridized carbons (Fsp3) is 0.409. The molecule has 0 aliphatic carbocycles. The second-order valence-electron chi connectivity index (χ2n) is 7.83. The van der Waals surface area contributed by atoms with Gasteiger partial charge in [0.15, 0.2) is 6.10 Å². The summed E-state index contributed by atoms with van der Waals surface area (Å²) in [5.41, 5.74) is 1.32. The van der Waals surface area contributed by atoms with Crippen LogP contribution in [0.3, 0.4) is 0 Å². The maximum absolute atomic E-state index is 13.4. The number of hydrogen-bond donors (Lipinski definition) is 1. The molecule has 1 aliphatic heterocycles. The van der Waals surface area contributed by atoms with E-state index in [1.54, 1.807) is 24.3 Å². The molecule has 3 rings (SSSR count). The lowest BCUT2D eigenvalue weighted by Crippen LogP contribution is -2.52. The van der Waals surface area contributed by atoms with Crippen LogP contribution in [-0.2, 0) is 14.8 Å². The molecule has 2 aromatic rings. The molecule has 0 saturated carbocycles. The highest BCUT2D eigenvalue weighted by Crippen LogP contribution is 2.38. The fourth-order valence-electron chi connectivity index (χ4n) is 3.08. The van der Waals surface area contributed by atoms with Crippen LogP contribution in [0.15, 0.2) is 47.4 Å². The molecule has 0 radical (unpaired) electrons. The molecule has 0 spiro atoms. The number of nitrogens with zero attached hydrogens (tertiary/aromatic N) is 1. The maximum atomic E-state index is 13.4. The van der Waals surface area contributed by atoms with Crippen LogP contribution in [0.4, 0.5) is 5.69 Å². The first kappa shape index (κ1) is 22.0. The van der Waals surface area contributed by atoms with Crippen LogP contribution < -0.4 is 19.1 Å². The molecule has 162 valence electrons. The summed E-state index contributed by atoms with van der Waals surface area (Å²) in [6.45, 7) is 7.70. The second-order valence-corrected chi connectivity index (χ2v) is 9.69. The molecule has 8 heteroatoms. The minimum Gasteiger partial charge on any atom is -0.497 e. The second kappa shape index (κ2) is 8.55. The highest BCUT2D eigenvalue weighted by Gasteiger charge is 2.38. The van der Waals surface area contributed by atoms with E-state index < -0.39 is 16.1 Å². The average molecular weight is 433 g/mol. The zero-order chi connectivity index (χ0) is 22.1. The fourth-order valence-corrected chi connectivity index (χ4v) is 4.56. The van der Waals surface area contributed by atoms with Gasteiger partial charge in [-0.15, -0.1) is 0 Å². The van der Waals surface area contributed by atoms with Crippen LogP contribution in [0.25, 0.3) is 0 Å². The normalized spacial score (nSPS) is 17.1. The van der Waals surface area contributed by atoms with Gasteiger partial charge in [0.05, 0.1) is 24.2 Å². The third-order valence-electron chi connectivity index (χ3n) is 5.29. The van der Waals surface area contributed by atoms with Crippen LogP contribution in [0, 0.1) is 12.8 Å². The van der Waals surface area contributed by atoms with Gasteiger partial charge in [0, 0.05) is 6.04 Å². The van der Waals surface area contributed by atoms with Crippen LogP contribution in [-0.4, -0.2) is 40.1 Å². The number of hydrogen-bond acceptors (Lipinski definition) is 5. The molecular weight excluding hydrogens is 404 g/mol. The number of ether oxygens (including phenoxy) is 2. The minimum absolute atomic E-state index is 0.0633. The lowest BCUT2D eigenvalue weighted by molar-refractivity contribution is -0.128. The summed E-state index contributed by atoms with van der Waals surface area (Å²) in [6.07, 6.45) is -0.950. The van der Waals surface area contributed by atoms with Crippen molar-refractivity contribution in [2.45, 2.75) is 44.7 Å². The molecule has 2 aromatic carbocycles. The third kappa shape index (κ3) is 4.38. The van der Waals surface area contributed by atoms with E-state index in [0.29, 0.717) is 17.2 Å². The van der Waals surface area contributed by atoms with Gasteiger partial charge in [0.25, 0.3) is 15.9 Å². The highest BCUT2D eigenvalue weighted by molar-refractivity contribution is 7.92. The lowest BCUT2D eigenvalue weighted by atomic mass is 10.1. The van der Waals surface area contributed by atoms with Crippen molar-refractivity contribution in [1.29, 1.82) is 0 Å². The predicted molar refractivity (Wildman–Crippen MR) is 116 cm³/mol. The van der Waals surface area contributed by atoms with Crippen molar-refractivity contribution >= 4 is 21.6 Å². The molecule has 0 unspecified atom stereocenters. The van der Waals surface area contributed by atoms with E-state index in [4.69, 9.17) is 9.47 Å². The predicted octanol–water partition coefficient (Wildman–Crippen LogP) is 3.12. The number of carbonyl (C=O) groups excluding carboxylic acids is 1. The summed E-state index contributed by atoms with van der Waals surface area (Å²) in [5, 5.41) is 2.92. The SMILES string of the molecule is COc1ccc(S(=O)(=O)N2C[C@@H](C(=O)N[C@@H](C)C(C)C)Oc3cc(C)ccc32)cc1. The Labute approximate surface area is 178 Å². The molecule has 0 bridgehead atoms. The summed E-state index contributed by atoms with van der Waals surface area (Å²) in [5.74, 6) is 0.840. The van der Waals surface area contributed by atoms with Gasteiger partial charge in [-0.3, -0.25) is 9.10 Å². The van der Waals surface area contributed by atoms with Crippen LogP contribution in [0.5, 0.6) is 11.5 Å². The Bertz CT molecular complexity index is 1020. The van der Waals surface area contributed by atoms with Crippen molar-refractivity contribution in [1.82, 2.24) is 5.32 Å². The van der Waals surface area contributed by atoms with Gasteiger partial charge >= 0.3 is 0 Å². The lowest BCUT2D eigenvalue weighted by Gasteiger charge is -2.35. The van der Waals surface area contributed by atoms with Gasteiger partial charge in [-0.25, -0.2) is 8.42 Å². The molecule has 1 N–H and O–H groups in total. The summed E-state index contributed by atoms with van der Waals surface area (Å²) < 4.78 is 39.1. The number of sulfonamides is 1. The summed E-state index contributed by atoms with van der Waals surface area (Å²) >= 11 is 0. The van der Waals surface area contributed by atoms with Crippen molar-refractivity contribution in [3.8, 4) is 11.5 Å². The maximum Gasteiger partial charge on any atom is 0.264 e. The van der Waals surface area contributed by atoms with Crippen LogP contribution in [0.1, 0.15) is 26.3 Å². The number of benzene rings is 2. The first-order valence-electron chi connectivity index (χ1n) is 9.88. The summed E-state index contributed by atoms with van der Waals surface area (Å²) in [6, 6.07) is 11.4. The van der Waals surface area contributed by atoms with Crippen molar-refractivity contribution in [3.05, 3.63) is 48.0 Å². The molecule has 1 aliphatic rings. The Balaban J connectivity index is 1.98. The van der Waals surface area contributed by atoms with Gasteiger partial charge < -0.3 is 14.8 Å². The Morgan fingerprint density at radius 1 is 1.17 bits per heavy atom. The number of anilines is 1. The van der Waals surface area contributed by atoms with E-state index >= 15 is 0 Å². The molecule has 30 heavy (non-hydrogen) atoms. The smallest absolute Gasteiger partial charge is 0.264 e. The number of rotatable bonds is 6. The number of carbonyl (C=O) groups is 1. The van der Waals surface area contributed by atoms with Crippen LogP contribution >= 0.6 is 0 Å². The number of fused-ring (bicyclic) bond motifs is 1. The van der Waals surface area contributed by atoms with Crippen LogP contribution in [0.2, 0.25) is 0 Å². The highest BCUT2D eigenvalue weighted by atomic mass is 32.2. The molecule has 0 aromatic heterocycles. The minimum atomic E-state index is -3.91. The molecule has 1 heterocycles. The molecule has 1 amide bonds. The monoisotopic (exact) mass is 432 g/mol. The van der Waals surface area contributed by atoms with Crippen molar-refractivity contribution in [2.24, 2.45) is 5.92 Å². The van der Waals surface area contributed by atoms with Gasteiger partial charge in [0.2, 0.25) is 0 Å². The Morgan fingerprint density at radius 2 is 1.83 bits per heavy atom. The summed E-state index contributed by atoms with van der Waals surface area (Å²) in [4.78, 5) is 12.9. The standard InChI is InChI=1S/C22H28N2O5S/c1-14(2)16(4)23-22(25)21-13-24(19-11-6-15(3)12-20(19)29-21)30(26,27)18-9-7-17(28-5)8-10-18/h6-12,14,16,21H,13H2,1-5H3,(H,23,25)/t16-,21-/m0/s1. The van der Waals surface area contributed by atoms with E-state index in [0.717, 1.165) is 5.56 Å². The molecule has 0 saturated heterocycles. The van der Waals surface area contributed by atoms with Gasteiger partial charge in [-0.1, -0.05) is 19.9 Å². The van der Waals surface area contributed by atoms with Crippen molar-refractivity contribution in [2.75, 3.05) is 18.0 Å². The van der Waals surface area contributed by atoms with Gasteiger partial charge in [0.1, 0.15) is 11.5 Å². The van der Waals surface area contributed by atoms with Gasteiger partial charge in [-0.05, 0) is 61.7 Å². The Kier molecular flexibility index (Phi) is 6.26. The van der Waals surface area contributed by atoms with Gasteiger partial charge in [-0.2, -0.15) is 0 Å². The molecule has 7 nitrogen and oxygen atoms in total. The first-order valence-corrected chi connectivity index (χ1v) is 11.3. The summed E-state index contributed by atoms with van der Waals surface area (Å²) in [7, 11) is -2.39. The molecular formula is C22H28N2O5S. The number of aryl methyl sites for hydroxylation is 1. The first-order chi connectivity index (χ1) is 14.1. The Morgan fingerprint density at radius 3 is 2.43 bits per heavy atom. The van der Waals surface area contributed by atoms with E-state index in [-0.39, 0.29) is 29.3 Å². The average Bonchev–Trinajstić information content (AvgIpc) is 2.72. The zero-order valence-electron chi connectivity index (χ0n) is 17.9. The Hall–Kier alpha value is -2.74. The largest absolute Gasteiger partial charge is 0.497 e. The zero-order valence-corrected chi connectivity index (χ0v) is 18.7. The van der Waals surface area contributed by atoms with Crippen molar-refractivity contribution in [3.63, 3.8) is 0 Å². The molecule has 2 atom stereocenters. The molecule has 0 fully saturated rings. The quantitative estimate of drug-likeness (QED) is 0.758. The number of nitrogens with one attached hydrogen (secondary N) is 1. The number of amides is 1. The third-order valence-corrected chi connectivity index (χ3v) is 7.09. The van der Waals surface area contributed by atoms with Crippen molar-refractivity contribution < 1.29 is 22.7 Å². The van der Waals surface area contributed by atoms with E-state index in [2.05, 4.69) is 5.32 Å². The van der Waals surface area contributed by atoms with E-state index in [9.17, 15) is 13.2 Å². The topological polar surface area (TPSA) is 84.9 Å². The number of methoxy groups -OCH3 is 1. The van der Waals surface area contributed by atoms with E-state index in [1.165, 1.54) is 23.5 Å². The van der Waals surface area contributed by atoms with E-state index in [1.807, 2.05) is 33.8 Å².